The molecule has 1 aromatic heterocycles. The lowest BCUT2D eigenvalue weighted by atomic mass is 10.1. The number of anilines is 1. The number of rotatable bonds is 4. The minimum Gasteiger partial charge on any atom is -0.357 e. The lowest BCUT2D eigenvalue weighted by molar-refractivity contribution is 0.724. The largest absolute Gasteiger partial charge is 0.357 e. The van der Waals surface area contributed by atoms with Crippen LogP contribution in [0, 0.1) is 6.92 Å². The number of aryl methyl sites for hydroxylation is 1. The fourth-order valence-electron chi connectivity index (χ4n) is 1.72. The van der Waals surface area contributed by atoms with Crippen molar-refractivity contribution in [2.75, 3.05) is 11.9 Å². The topological polar surface area (TPSA) is 42.1 Å². The number of hydrogen-bond acceptors (Lipinski definition) is 3. The Kier molecular flexibility index (Phi) is 4.30. The molecule has 90 valence electrons. The van der Waals surface area contributed by atoms with Gasteiger partial charge in [-0.25, -0.2) is 4.98 Å². The van der Waals surface area contributed by atoms with E-state index >= 15 is 0 Å². The first-order chi connectivity index (χ1) is 7.41. The van der Waals surface area contributed by atoms with E-state index < -0.39 is 0 Å². The zero-order valence-corrected chi connectivity index (χ0v) is 11.0. The minimum absolute atomic E-state index is 0.190. The van der Waals surface area contributed by atoms with E-state index in [0.29, 0.717) is 6.04 Å². The van der Waals surface area contributed by atoms with Crippen molar-refractivity contribution in [3.63, 3.8) is 0 Å². The molecule has 1 aromatic rings. The zero-order chi connectivity index (χ0) is 12.3. The van der Waals surface area contributed by atoms with E-state index in [2.05, 4.69) is 43.8 Å². The van der Waals surface area contributed by atoms with E-state index in [4.69, 9.17) is 5.73 Å². The molecule has 0 fully saturated rings. The number of nitrogens with two attached hydrogens (primary N) is 1. The third-order valence-electron chi connectivity index (χ3n) is 2.77. The highest BCUT2D eigenvalue weighted by atomic mass is 15.2. The first kappa shape index (κ1) is 13.0. The van der Waals surface area contributed by atoms with Crippen LogP contribution in [0.15, 0.2) is 12.3 Å². The van der Waals surface area contributed by atoms with Crippen LogP contribution in [0.25, 0.3) is 0 Å². The minimum atomic E-state index is 0.190. The molecular formula is C13H23N3. The molecule has 1 unspecified atom stereocenters. The fraction of sp³-hybridized carbons (Fsp3) is 0.615. The molecule has 0 aromatic carbocycles. The van der Waals surface area contributed by atoms with Crippen molar-refractivity contribution in [2.45, 2.75) is 46.2 Å². The number of pyridine rings is 1. The van der Waals surface area contributed by atoms with Crippen molar-refractivity contribution < 1.29 is 0 Å². The molecule has 0 saturated heterocycles. The molecule has 0 aliphatic carbocycles. The molecule has 1 atom stereocenters. The predicted molar refractivity (Wildman–Crippen MR) is 69.9 cm³/mol. The summed E-state index contributed by atoms with van der Waals surface area (Å²) in [6.45, 7) is 8.45. The molecule has 1 heterocycles. The van der Waals surface area contributed by atoms with Gasteiger partial charge in [0, 0.05) is 25.3 Å². The molecular weight excluding hydrogens is 198 g/mol. The molecule has 2 N–H and O–H groups in total. The van der Waals surface area contributed by atoms with Crippen molar-refractivity contribution in [1.29, 1.82) is 0 Å². The first-order valence-corrected chi connectivity index (χ1v) is 5.85. The smallest absolute Gasteiger partial charge is 0.131 e. The second-order valence-corrected chi connectivity index (χ2v) is 4.87. The van der Waals surface area contributed by atoms with Crippen LogP contribution in [0.3, 0.4) is 0 Å². The Labute approximate surface area is 98.7 Å². The highest BCUT2D eigenvalue weighted by Crippen LogP contribution is 2.18. The van der Waals surface area contributed by atoms with Crippen LogP contribution in [0.1, 0.15) is 31.9 Å². The molecule has 0 saturated carbocycles. The zero-order valence-electron chi connectivity index (χ0n) is 11.0. The van der Waals surface area contributed by atoms with Crippen molar-refractivity contribution >= 4 is 5.82 Å². The van der Waals surface area contributed by atoms with Crippen molar-refractivity contribution in [1.82, 2.24) is 4.98 Å². The van der Waals surface area contributed by atoms with Gasteiger partial charge in [0.25, 0.3) is 0 Å². The molecule has 0 spiro atoms. The van der Waals surface area contributed by atoms with Crippen LogP contribution < -0.4 is 10.6 Å². The van der Waals surface area contributed by atoms with Crippen molar-refractivity contribution in [3.8, 4) is 0 Å². The lowest BCUT2D eigenvalue weighted by Gasteiger charge is -2.24. The molecule has 3 heteroatoms. The van der Waals surface area contributed by atoms with Gasteiger partial charge in [-0.3, -0.25) is 0 Å². The maximum atomic E-state index is 5.78. The predicted octanol–water partition coefficient (Wildman–Crippen LogP) is 2.12. The number of aromatic nitrogens is 1. The summed E-state index contributed by atoms with van der Waals surface area (Å²) in [5.41, 5.74) is 8.22. The second-order valence-electron chi connectivity index (χ2n) is 4.87. The second kappa shape index (κ2) is 5.30. The van der Waals surface area contributed by atoms with Gasteiger partial charge in [0.15, 0.2) is 0 Å². The molecule has 0 aliphatic rings. The van der Waals surface area contributed by atoms with Gasteiger partial charge in [0.1, 0.15) is 5.82 Å². The summed E-state index contributed by atoms with van der Waals surface area (Å²) in [5.74, 6) is 1.06. The van der Waals surface area contributed by atoms with E-state index in [0.717, 1.165) is 12.2 Å². The van der Waals surface area contributed by atoms with Gasteiger partial charge >= 0.3 is 0 Å². The van der Waals surface area contributed by atoms with Crippen molar-refractivity contribution in [2.24, 2.45) is 5.73 Å². The van der Waals surface area contributed by atoms with E-state index in [1.807, 2.05) is 13.1 Å². The Morgan fingerprint density at radius 1 is 1.38 bits per heavy atom. The Balaban J connectivity index is 2.91. The highest BCUT2D eigenvalue weighted by molar-refractivity contribution is 5.47. The number of hydrogen-bond donors (Lipinski definition) is 1. The van der Waals surface area contributed by atoms with Gasteiger partial charge in [0.2, 0.25) is 0 Å². The fourth-order valence-corrected chi connectivity index (χ4v) is 1.72. The van der Waals surface area contributed by atoms with Gasteiger partial charge in [-0.05, 0) is 45.2 Å². The van der Waals surface area contributed by atoms with Crippen LogP contribution in [0.4, 0.5) is 5.82 Å². The molecule has 0 radical (unpaired) electrons. The van der Waals surface area contributed by atoms with E-state index in [1.165, 1.54) is 11.1 Å². The third kappa shape index (κ3) is 3.20. The van der Waals surface area contributed by atoms with Gasteiger partial charge in [-0.2, -0.15) is 0 Å². The van der Waals surface area contributed by atoms with Gasteiger partial charge < -0.3 is 10.6 Å². The Morgan fingerprint density at radius 2 is 2.00 bits per heavy atom. The summed E-state index contributed by atoms with van der Waals surface area (Å²) in [6, 6.07) is 2.84. The summed E-state index contributed by atoms with van der Waals surface area (Å²) < 4.78 is 0. The summed E-state index contributed by atoms with van der Waals surface area (Å²) in [6.07, 6.45) is 2.82. The van der Waals surface area contributed by atoms with Crippen LogP contribution in [-0.4, -0.2) is 24.1 Å². The van der Waals surface area contributed by atoms with E-state index in [9.17, 15) is 0 Å². The van der Waals surface area contributed by atoms with Crippen LogP contribution in [0.5, 0.6) is 0 Å². The van der Waals surface area contributed by atoms with E-state index in [1.54, 1.807) is 0 Å². The van der Waals surface area contributed by atoms with Crippen LogP contribution in [0.2, 0.25) is 0 Å². The molecule has 1 rings (SSSR count). The molecule has 0 amide bonds. The molecule has 3 nitrogen and oxygen atoms in total. The third-order valence-corrected chi connectivity index (χ3v) is 2.77. The van der Waals surface area contributed by atoms with E-state index in [-0.39, 0.29) is 6.04 Å². The molecule has 16 heavy (non-hydrogen) atoms. The summed E-state index contributed by atoms with van der Waals surface area (Å²) in [7, 11) is 2.07. The van der Waals surface area contributed by atoms with Crippen molar-refractivity contribution in [3.05, 3.63) is 23.4 Å². The highest BCUT2D eigenvalue weighted by Gasteiger charge is 2.10. The average Bonchev–Trinajstić information content (AvgIpc) is 2.15. The standard InChI is InChI=1S/C13H23N3/c1-9(2)16(5)13-10(3)6-12(8-15-13)7-11(4)14/h6,8-9,11H,7,14H2,1-5H3. The maximum Gasteiger partial charge on any atom is 0.131 e. The summed E-state index contributed by atoms with van der Waals surface area (Å²) in [5, 5.41) is 0. The quantitative estimate of drug-likeness (QED) is 0.847. The Hall–Kier alpha value is -1.09. The molecule has 0 aliphatic heterocycles. The number of nitrogens with zero attached hydrogens (tertiary/aromatic N) is 2. The maximum absolute atomic E-state index is 5.78. The van der Waals surface area contributed by atoms with Gasteiger partial charge in [-0.15, -0.1) is 0 Å². The van der Waals surface area contributed by atoms with Crippen LogP contribution in [-0.2, 0) is 6.42 Å². The van der Waals surface area contributed by atoms with Gasteiger partial charge in [-0.1, -0.05) is 6.07 Å². The van der Waals surface area contributed by atoms with Crippen LogP contribution >= 0.6 is 0 Å². The summed E-state index contributed by atoms with van der Waals surface area (Å²) >= 11 is 0. The monoisotopic (exact) mass is 221 g/mol. The van der Waals surface area contributed by atoms with Gasteiger partial charge in [0.05, 0.1) is 0 Å². The molecule has 0 bridgehead atoms. The Bertz CT molecular complexity index is 345. The Morgan fingerprint density at radius 3 is 2.44 bits per heavy atom. The normalized spacial score (nSPS) is 12.9. The lowest BCUT2D eigenvalue weighted by Crippen LogP contribution is -2.27. The average molecular weight is 221 g/mol. The summed E-state index contributed by atoms with van der Waals surface area (Å²) in [4.78, 5) is 6.71. The first-order valence-electron chi connectivity index (χ1n) is 5.85. The SMILES string of the molecule is Cc1cc(CC(C)N)cnc1N(C)C(C)C.